The van der Waals surface area contributed by atoms with Gasteiger partial charge < -0.3 is 14.4 Å². The Labute approximate surface area is 260 Å². The summed E-state index contributed by atoms with van der Waals surface area (Å²) in [7, 11) is 1.55. The van der Waals surface area contributed by atoms with E-state index in [1.165, 1.54) is 0 Å². The van der Waals surface area contributed by atoms with Crippen molar-refractivity contribution in [1.29, 1.82) is 0 Å². The van der Waals surface area contributed by atoms with E-state index in [1.54, 1.807) is 19.2 Å². The van der Waals surface area contributed by atoms with Crippen LogP contribution >= 0.6 is 34.8 Å². The minimum atomic E-state index is -0.502. The third-order valence-electron chi connectivity index (χ3n) is 8.22. The van der Waals surface area contributed by atoms with Crippen LogP contribution in [0.1, 0.15) is 61.1 Å². The van der Waals surface area contributed by atoms with Crippen LogP contribution in [0.5, 0.6) is 11.5 Å². The number of halogens is 3. The highest BCUT2D eigenvalue weighted by Crippen LogP contribution is 2.51. The number of carbonyl (C=O) groups is 2. The molecule has 0 aromatic heterocycles. The number of benzene rings is 3. The van der Waals surface area contributed by atoms with E-state index in [1.807, 2.05) is 36.4 Å². The van der Waals surface area contributed by atoms with Crippen LogP contribution in [0.3, 0.4) is 0 Å². The van der Waals surface area contributed by atoms with Crippen molar-refractivity contribution in [3.8, 4) is 11.5 Å². The van der Waals surface area contributed by atoms with E-state index in [-0.39, 0.29) is 18.2 Å². The lowest BCUT2D eigenvalue weighted by Gasteiger charge is -2.44. The molecule has 0 spiro atoms. The van der Waals surface area contributed by atoms with E-state index >= 15 is 0 Å². The molecule has 2 aliphatic carbocycles. The van der Waals surface area contributed by atoms with Crippen molar-refractivity contribution in [2.75, 3.05) is 7.11 Å². The summed E-state index contributed by atoms with van der Waals surface area (Å²) in [5, 5.41) is 1.24. The molecule has 8 heteroatoms. The summed E-state index contributed by atoms with van der Waals surface area (Å²) in [5.74, 6) is 0.473. The van der Waals surface area contributed by atoms with Gasteiger partial charge in [-0.15, -0.1) is 0 Å². The van der Waals surface area contributed by atoms with Crippen molar-refractivity contribution in [1.82, 2.24) is 4.90 Å². The number of methoxy groups -OCH3 is 1. The van der Waals surface area contributed by atoms with Crippen molar-refractivity contribution in [3.63, 3.8) is 0 Å². The molecule has 5 nitrogen and oxygen atoms in total. The lowest BCUT2D eigenvalue weighted by molar-refractivity contribution is -0.117. The Morgan fingerprint density at radius 2 is 1.43 bits per heavy atom. The highest BCUT2D eigenvalue weighted by atomic mass is 35.5. The van der Waals surface area contributed by atoms with Gasteiger partial charge in [0.15, 0.2) is 23.1 Å². The number of allylic oxidation sites excluding steroid dienone is 4. The van der Waals surface area contributed by atoms with Crippen LogP contribution in [0.25, 0.3) is 0 Å². The molecule has 0 fully saturated rings. The Morgan fingerprint density at radius 1 is 0.762 bits per heavy atom. The summed E-state index contributed by atoms with van der Waals surface area (Å²) >= 11 is 19.1. The van der Waals surface area contributed by atoms with E-state index in [2.05, 4.69) is 17.0 Å². The second kappa shape index (κ2) is 12.2. The maximum atomic E-state index is 13.7. The smallest absolute Gasteiger partial charge is 0.180 e. The minimum Gasteiger partial charge on any atom is -0.493 e. The zero-order chi connectivity index (χ0) is 29.4. The zero-order valence-corrected chi connectivity index (χ0v) is 25.5. The van der Waals surface area contributed by atoms with Crippen LogP contribution < -0.4 is 9.47 Å². The molecular weight excluding hydrogens is 593 g/mol. The molecule has 0 saturated heterocycles. The van der Waals surface area contributed by atoms with Crippen LogP contribution in [0.2, 0.25) is 15.1 Å². The molecule has 3 aliphatic rings. The number of hydrogen-bond donors (Lipinski definition) is 0. The van der Waals surface area contributed by atoms with Gasteiger partial charge in [-0.05, 0) is 66.6 Å². The van der Waals surface area contributed by atoms with Crippen LogP contribution in [0.15, 0.2) is 83.2 Å². The summed E-state index contributed by atoms with van der Waals surface area (Å²) in [4.78, 5) is 29.6. The Kier molecular flexibility index (Phi) is 8.35. The van der Waals surface area contributed by atoms with E-state index < -0.39 is 5.92 Å². The molecule has 0 saturated carbocycles. The molecule has 1 heterocycles. The maximum absolute atomic E-state index is 13.7. The van der Waals surface area contributed by atoms with Gasteiger partial charge in [0, 0.05) is 47.8 Å². The summed E-state index contributed by atoms with van der Waals surface area (Å²) in [6.07, 6.45) is 4.06. The quantitative estimate of drug-likeness (QED) is 0.264. The minimum absolute atomic E-state index is 0.0827. The molecule has 3 aromatic rings. The molecular formula is C34H30Cl3NO4. The van der Waals surface area contributed by atoms with Gasteiger partial charge in [0.2, 0.25) is 0 Å². The summed E-state index contributed by atoms with van der Waals surface area (Å²) in [6.45, 7) is 0.823. The van der Waals surface area contributed by atoms with Crippen molar-refractivity contribution in [2.24, 2.45) is 0 Å². The summed E-state index contributed by atoms with van der Waals surface area (Å²) in [6, 6.07) is 19.2. The molecule has 0 radical (unpaired) electrons. The van der Waals surface area contributed by atoms with Crippen molar-refractivity contribution >= 4 is 46.4 Å². The number of nitrogens with zero attached hydrogens (tertiary/aromatic N) is 1. The number of ether oxygens (including phenoxy) is 2. The molecule has 1 aliphatic heterocycles. The number of carbonyl (C=O) groups excluding carboxylic acids is 2. The van der Waals surface area contributed by atoms with Gasteiger partial charge >= 0.3 is 0 Å². The third-order valence-corrected chi connectivity index (χ3v) is 9.24. The molecule has 216 valence electrons. The number of hydrogen-bond acceptors (Lipinski definition) is 5. The van der Waals surface area contributed by atoms with Gasteiger partial charge in [-0.2, -0.15) is 0 Å². The topological polar surface area (TPSA) is 55.8 Å². The van der Waals surface area contributed by atoms with Crippen LogP contribution in [0.4, 0.5) is 0 Å². The van der Waals surface area contributed by atoms with Crippen LogP contribution in [0, 0.1) is 0 Å². The zero-order valence-electron chi connectivity index (χ0n) is 23.2. The lowest BCUT2D eigenvalue weighted by atomic mass is 9.71. The highest BCUT2D eigenvalue weighted by molar-refractivity contribution is 6.42. The number of rotatable bonds is 7. The van der Waals surface area contributed by atoms with Crippen molar-refractivity contribution in [3.05, 3.63) is 115 Å². The van der Waals surface area contributed by atoms with E-state index in [4.69, 9.17) is 44.3 Å². The highest BCUT2D eigenvalue weighted by Gasteiger charge is 2.43. The number of Topliss-reactive ketones (excluding diaryl/α,β-unsaturated/α-hetero) is 2. The SMILES string of the molecule is COc1cc(C2C3=C(CCCC3=O)N(Cc3ccccc3)C3=C2C(=O)CCC3)cc(Cl)c1OCc1ccc(Cl)c(Cl)c1. The van der Waals surface area contributed by atoms with E-state index in [0.717, 1.165) is 53.8 Å². The molecule has 0 atom stereocenters. The Hall–Kier alpha value is -3.25. The first-order valence-electron chi connectivity index (χ1n) is 14.1. The average molecular weight is 623 g/mol. The van der Waals surface area contributed by atoms with Crippen LogP contribution in [-0.4, -0.2) is 23.6 Å². The first-order chi connectivity index (χ1) is 20.4. The number of ketones is 2. The molecule has 3 aromatic carbocycles. The predicted octanol–water partition coefficient (Wildman–Crippen LogP) is 8.85. The van der Waals surface area contributed by atoms with Gasteiger partial charge in [0.1, 0.15) is 6.61 Å². The van der Waals surface area contributed by atoms with Gasteiger partial charge in [-0.3, -0.25) is 9.59 Å². The van der Waals surface area contributed by atoms with E-state index in [0.29, 0.717) is 57.1 Å². The largest absolute Gasteiger partial charge is 0.493 e. The lowest BCUT2D eigenvalue weighted by Crippen LogP contribution is -2.38. The second-order valence-electron chi connectivity index (χ2n) is 10.9. The van der Waals surface area contributed by atoms with Crippen molar-refractivity contribution < 1.29 is 19.1 Å². The molecule has 42 heavy (non-hydrogen) atoms. The molecule has 0 amide bonds. The van der Waals surface area contributed by atoms with E-state index in [9.17, 15) is 9.59 Å². The summed E-state index contributed by atoms with van der Waals surface area (Å²) < 4.78 is 11.8. The van der Waals surface area contributed by atoms with Gasteiger partial charge in [0.05, 0.1) is 22.2 Å². The fourth-order valence-electron chi connectivity index (χ4n) is 6.34. The first-order valence-corrected chi connectivity index (χ1v) is 15.3. The molecule has 0 N–H and O–H groups in total. The monoisotopic (exact) mass is 621 g/mol. The molecule has 6 rings (SSSR count). The normalized spacial score (nSPS) is 17.4. The predicted molar refractivity (Wildman–Crippen MR) is 165 cm³/mol. The fraction of sp³-hybridized carbons (Fsp3) is 0.294. The molecule has 0 bridgehead atoms. The average Bonchev–Trinajstić information content (AvgIpc) is 2.99. The van der Waals surface area contributed by atoms with Crippen molar-refractivity contribution in [2.45, 2.75) is 57.6 Å². The third kappa shape index (κ3) is 5.46. The van der Waals surface area contributed by atoms with Gasteiger partial charge in [0.25, 0.3) is 0 Å². The first kappa shape index (κ1) is 28.9. The Morgan fingerprint density at radius 3 is 2.05 bits per heavy atom. The maximum Gasteiger partial charge on any atom is 0.180 e. The standard InChI is InChI=1S/C34H30Cl3NO4/c1-41-30-17-22(16-25(37)34(30)42-19-21-13-14-23(35)24(36)15-21)31-32-26(9-5-11-28(32)39)38(18-20-7-3-2-4-8-20)27-10-6-12-29(40)33(27)31/h2-4,7-8,13-17,31H,5-6,9-12,18-19H2,1H3. The fourth-order valence-corrected chi connectivity index (χ4v) is 6.93. The summed E-state index contributed by atoms with van der Waals surface area (Å²) in [5.41, 5.74) is 6.15. The van der Waals surface area contributed by atoms with Gasteiger partial charge in [-0.1, -0.05) is 71.2 Å². The Balaban J connectivity index is 1.43. The van der Waals surface area contributed by atoms with Crippen LogP contribution in [-0.2, 0) is 22.7 Å². The van der Waals surface area contributed by atoms with Gasteiger partial charge in [-0.25, -0.2) is 0 Å². The molecule has 0 unspecified atom stereocenters. The Bertz CT molecular complexity index is 1590. The second-order valence-corrected chi connectivity index (χ2v) is 12.1.